The molecular formula is C10H18N2O3. The van der Waals surface area contributed by atoms with Crippen molar-refractivity contribution >= 4 is 6.09 Å². The van der Waals surface area contributed by atoms with Crippen LogP contribution in [0.4, 0.5) is 4.79 Å². The van der Waals surface area contributed by atoms with Gasteiger partial charge in [-0.25, -0.2) is 4.79 Å². The van der Waals surface area contributed by atoms with Crippen LogP contribution in [0.5, 0.6) is 0 Å². The van der Waals surface area contributed by atoms with E-state index in [2.05, 4.69) is 0 Å². The third-order valence-electron chi connectivity index (χ3n) is 2.79. The average molecular weight is 214 g/mol. The number of ether oxygens (including phenoxy) is 2. The predicted octanol–water partition coefficient (Wildman–Crippen LogP) is 0.333. The molecule has 2 aliphatic heterocycles. The van der Waals surface area contributed by atoms with Crippen molar-refractivity contribution in [1.29, 1.82) is 0 Å². The Morgan fingerprint density at radius 3 is 2.47 bits per heavy atom. The first kappa shape index (κ1) is 10.7. The van der Waals surface area contributed by atoms with Crippen molar-refractivity contribution in [2.75, 3.05) is 19.7 Å². The number of carbonyl (C=O) groups excluding carboxylic acids is 1. The van der Waals surface area contributed by atoms with Gasteiger partial charge in [-0.15, -0.1) is 0 Å². The standard InChI is InChI=1S/C10H18N2O3/c1-9(2,3)15-8(13)12-5-10(6-12)7(11)4-14-10/h7H,4-6,11H2,1-3H3. The zero-order chi connectivity index (χ0) is 11.3. The van der Waals surface area contributed by atoms with Crippen LogP contribution in [0.3, 0.4) is 0 Å². The van der Waals surface area contributed by atoms with E-state index in [0.29, 0.717) is 19.7 Å². The maximum atomic E-state index is 11.6. The lowest BCUT2D eigenvalue weighted by atomic mass is 9.82. The number of likely N-dealkylation sites (tertiary alicyclic amines) is 1. The van der Waals surface area contributed by atoms with Crippen LogP contribution in [0.15, 0.2) is 0 Å². The number of rotatable bonds is 0. The lowest BCUT2D eigenvalue weighted by Gasteiger charge is -2.58. The van der Waals surface area contributed by atoms with E-state index in [1.807, 2.05) is 20.8 Å². The van der Waals surface area contributed by atoms with E-state index in [9.17, 15) is 4.79 Å². The Morgan fingerprint density at radius 1 is 1.53 bits per heavy atom. The minimum Gasteiger partial charge on any atom is -0.444 e. The zero-order valence-corrected chi connectivity index (χ0v) is 9.45. The van der Waals surface area contributed by atoms with Crippen molar-refractivity contribution in [2.24, 2.45) is 5.73 Å². The Bertz CT molecular complexity index is 279. The van der Waals surface area contributed by atoms with E-state index in [1.54, 1.807) is 4.90 Å². The van der Waals surface area contributed by atoms with Crippen molar-refractivity contribution in [1.82, 2.24) is 4.90 Å². The molecule has 2 fully saturated rings. The summed E-state index contributed by atoms with van der Waals surface area (Å²) in [4.78, 5) is 13.2. The first-order valence-corrected chi connectivity index (χ1v) is 5.20. The van der Waals surface area contributed by atoms with Crippen LogP contribution >= 0.6 is 0 Å². The lowest BCUT2D eigenvalue weighted by molar-refractivity contribution is -0.229. The first-order valence-electron chi connectivity index (χ1n) is 5.20. The molecule has 5 heteroatoms. The molecule has 2 saturated heterocycles. The van der Waals surface area contributed by atoms with Crippen molar-refractivity contribution in [3.05, 3.63) is 0 Å². The molecule has 2 heterocycles. The highest BCUT2D eigenvalue weighted by Gasteiger charge is 2.57. The Balaban J connectivity index is 1.82. The molecule has 86 valence electrons. The number of nitrogens with two attached hydrogens (primary N) is 1. The average Bonchev–Trinajstić information content (AvgIpc) is 1.95. The van der Waals surface area contributed by atoms with Crippen LogP contribution in [-0.4, -0.2) is 47.9 Å². The number of amides is 1. The molecule has 1 atom stereocenters. The first-order chi connectivity index (χ1) is 6.82. The summed E-state index contributed by atoms with van der Waals surface area (Å²) in [5, 5.41) is 0. The molecule has 0 aromatic carbocycles. The topological polar surface area (TPSA) is 64.8 Å². The van der Waals surface area contributed by atoms with Gasteiger partial charge in [-0.3, -0.25) is 0 Å². The normalized spacial score (nSPS) is 28.3. The van der Waals surface area contributed by atoms with Gasteiger partial charge in [0.05, 0.1) is 25.7 Å². The highest BCUT2D eigenvalue weighted by Crippen LogP contribution is 2.35. The Morgan fingerprint density at radius 2 is 2.13 bits per heavy atom. The van der Waals surface area contributed by atoms with Gasteiger partial charge in [-0.05, 0) is 20.8 Å². The fourth-order valence-electron chi connectivity index (χ4n) is 1.80. The maximum Gasteiger partial charge on any atom is 0.410 e. The van der Waals surface area contributed by atoms with E-state index in [4.69, 9.17) is 15.2 Å². The minimum absolute atomic E-state index is 0.0659. The fourth-order valence-corrected chi connectivity index (χ4v) is 1.80. The molecule has 5 nitrogen and oxygen atoms in total. The van der Waals surface area contributed by atoms with Crippen molar-refractivity contribution in [3.63, 3.8) is 0 Å². The smallest absolute Gasteiger partial charge is 0.410 e. The van der Waals surface area contributed by atoms with Gasteiger partial charge in [-0.1, -0.05) is 0 Å². The second-order valence-corrected chi connectivity index (χ2v) is 5.32. The predicted molar refractivity (Wildman–Crippen MR) is 54.5 cm³/mol. The number of nitrogens with zero attached hydrogens (tertiary/aromatic N) is 1. The second-order valence-electron chi connectivity index (χ2n) is 5.32. The maximum absolute atomic E-state index is 11.6. The SMILES string of the molecule is CC(C)(C)OC(=O)N1CC2(C1)OCC2N. The summed E-state index contributed by atoms with van der Waals surface area (Å²) in [6.07, 6.45) is -0.282. The summed E-state index contributed by atoms with van der Waals surface area (Å²) in [5.41, 5.74) is 5.10. The van der Waals surface area contributed by atoms with Gasteiger partial charge < -0.3 is 20.1 Å². The summed E-state index contributed by atoms with van der Waals surface area (Å²) >= 11 is 0. The van der Waals surface area contributed by atoms with Crippen molar-refractivity contribution < 1.29 is 14.3 Å². The molecule has 0 aromatic heterocycles. The van der Waals surface area contributed by atoms with Gasteiger partial charge in [0.15, 0.2) is 0 Å². The summed E-state index contributed by atoms with van der Waals surface area (Å²) in [7, 11) is 0. The molecule has 1 spiro atoms. The van der Waals surface area contributed by atoms with Crippen LogP contribution in [0.2, 0.25) is 0 Å². The monoisotopic (exact) mass is 214 g/mol. The molecule has 1 amide bonds. The van der Waals surface area contributed by atoms with Crippen molar-refractivity contribution in [3.8, 4) is 0 Å². The van der Waals surface area contributed by atoms with Gasteiger partial charge in [-0.2, -0.15) is 0 Å². The molecule has 0 aromatic rings. The molecule has 15 heavy (non-hydrogen) atoms. The van der Waals surface area contributed by atoms with Crippen molar-refractivity contribution in [2.45, 2.75) is 38.0 Å². The highest BCUT2D eigenvalue weighted by molar-refractivity contribution is 5.70. The zero-order valence-electron chi connectivity index (χ0n) is 9.45. The second kappa shape index (κ2) is 3.09. The minimum atomic E-state index is -0.442. The molecule has 2 N–H and O–H groups in total. The fraction of sp³-hybridized carbons (Fsp3) is 0.900. The van der Waals surface area contributed by atoms with E-state index in [0.717, 1.165) is 0 Å². The molecule has 0 bridgehead atoms. The van der Waals surface area contributed by atoms with Crippen LogP contribution in [0, 0.1) is 0 Å². The van der Waals surface area contributed by atoms with E-state index < -0.39 is 5.60 Å². The third kappa shape index (κ3) is 1.81. The summed E-state index contributed by atoms with van der Waals surface area (Å²) in [6.45, 7) is 7.28. The molecule has 1 unspecified atom stereocenters. The summed E-state index contributed by atoms with van der Waals surface area (Å²) in [6, 6.07) is 0.0659. The molecule has 0 saturated carbocycles. The van der Waals surface area contributed by atoms with E-state index in [-0.39, 0.29) is 17.7 Å². The highest BCUT2D eigenvalue weighted by atomic mass is 16.6. The quantitative estimate of drug-likeness (QED) is 0.631. The van der Waals surface area contributed by atoms with E-state index in [1.165, 1.54) is 0 Å². The molecular weight excluding hydrogens is 196 g/mol. The van der Waals surface area contributed by atoms with Gasteiger partial charge in [0, 0.05) is 0 Å². The number of hydrogen-bond acceptors (Lipinski definition) is 4. The van der Waals surface area contributed by atoms with Gasteiger partial charge >= 0.3 is 6.09 Å². The largest absolute Gasteiger partial charge is 0.444 e. The number of hydrogen-bond donors (Lipinski definition) is 1. The van der Waals surface area contributed by atoms with Crippen LogP contribution < -0.4 is 5.73 Å². The Kier molecular flexibility index (Phi) is 2.20. The van der Waals surface area contributed by atoms with Crippen LogP contribution in [0.25, 0.3) is 0 Å². The lowest BCUT2D eigenvalue weighted by Crippen LogP contribution is -2.79. The van der Waals surface area contributed by atoms with Gasteiger partial charge in [0.25, 0.3) is 0 Å². The van der Waals surface area contributed by atoms with E-state index >= 15 is 0 Å². The number of carbonyl (C=O) groups is 1. The Labute approximate surface area is 89.5 Å². The molecule has 0 aliphatic carbocycles. The molecule has 2 rings (SSSR count). The van der Waals surface area contributed by atoms with Crippen LogP contribution in [0.1, 0.15) is 20.8 Å². The molecule has 0 radical (unpaired) electrons. The van der Waals surface area contributed by atoms with Crippen LogP contribution in [-0.2, 0) is 9.47 Å². The Hall–Kier alpha value is -0.810. The third-order valence-corrected chi connectivity index (χ3v) is 2.79. The molecule has 2 aliphatic rings. The van der Waals surface area contributed by atoms with Gasteiger partial charge in [0.2, 0.25) is 0 Å². The summed E-state index contributed by atoms with van der Waals surface area (Å²) in [5.74, 6) is 0. The summed E-state index contributed by atoms with van der Waals surface area (Å²) < 4.78 is 10.6. The van der Waals surface area contributed by atoms with Gasteiger partial charge in [0.1, 0.15) is 11.2 Å².